The van der Waals surface area contributed by atoms with Crippen LogP contribution in [0.5, 0.6) is 0 Å². The number of piperidine rings is 1. The summed E-state index contributed by atoms with van der Waals surface area (Å²) in [5.41, 5.74) is 1.10. The monoisotopic (exact) mass is 353 g/mol. The Kier molecular flexibility index (Phi) is 4.49. The summed E-state index contributed by atoms with van der Waals surface area (Å²) < 4.78 is 5.07. The summed E-state index contributed by atoms with van der Waals surface area (Å²) in [7, 11) is 0. The van der Waals surface area contributed by atoms with Gasteiger partial charge in [-0.25, -0.2) is 4.98 Å². The van der Waals surface area contributed by atoms with Crippen molar-refractivity contribution >= 4 is 11.8 Å². The molecule has 1 aliphatic heterocycles. The molecule has 4 rings (SSSR count). The fourth-order valence-corrected chi connectivity index (χ4v) is 4.52. The molecule has 1 saturated carbocycles. The lowest BCUT2D eigenvalue weighted by Gasteiger charge is -2.46. The average Bonchev–Trinajstić information content (AvgIpc) is 3.33. The van der Waals surface area contributed by atoms with Crippen LogP contribution in [0.2, 0.25) is 0 Å². The number of carbonyl (C=O) groups is 2. The highest BCUT2D eigenvalue weighted by Gasteiger charge is 2.50. The first-order valence-electron chi connectivity index (χ1n) is 9.18. The van der Waals surface area contributed by atoms with Crippen LogP contribution in [0.3, 0.4) is 0 Å². The van der Waals surface area contributed by atoms with Crippen molar-refractivity contribution in [1.82, 2.24) is 15.2 Å². The largest absolute Gasteiger partial charge is 0.438 e. The molecule has 0 bridgehead atoms. The van der Waals surface area contributed by atoms with Crippen LogP contribution in [-0.2, 0) is 11.3 Å². The van der Waals surface area contributed by atoms with Gasteiger partial charge in [0.25, 0.3) is 5.91 Å². The number of amides is 2. The Morgan fingerprint density at radius 1 is 1.31 bits per heavy atom. The third-order valence-electron chi connectivity index (χ3n) is 5.85. The van der Waals surface area contributed by atoms with Crippen molar-refractivity contribution in [2.75, 3.05) is 6.54 Å². The zero-order valence-electron chi connectivity index (χ0n) is 14.7. The Bertz CT molecular complexity index is 775. The van der Waals surface area contributed by atoms with E-state index in [9.17, 15) is 9.59 Å². The van der Waals surface area contributed by atoms with Gasteiger partial charge in [-0.05, 0) is 24.8 Å². The third kappa shape index (κ3) is 3.11. The normalized spacial score (nSPS) is 25.2. The summed E-state index contributed by atoms with van der Waals surface area (Å²) in [5, 5.41) is 3.01. The van der Waals surface area contributed by atoms with Crippen LogP contribution in [0, 0.1) is 5.41 Å². The third-order valence-corrected chi connectivity index (χ3v) is 5.85. The van der Waals surface area contributed by atoms with Gasteiger partial charge < -0.3 is 14.6 Å². The lowest BCUT2D eigenvalue weighted by molar-refractivity contribution is -0.142. The van der Waals surface area contributed by atoms with Crippen LogP contribution in [0.25, 0.3) is 0 Å². The quantitative estimate of drug-likeness (QED) is 0.897. The molecule has 2 aromatic rings. The minimum Gasteiger partial charge on any atom is -0.438 e. The molecular formula is C20H23N3O3. The number of hydrogen-bond donors (Lipinski definition) is 1. The fraction of sp³-hybridized carbons (Fsp3) is 0.450. The van der Waals surface area contributed by atoms with Crippen molar-refractivity contribution in [3.8, 4) is 0 Å². The minimum absolute atomic E-state index is 0.0433. The van der Waals surface area contributed by atoms with E-state index >= 15 is 0 Å². The van der Waals surface area contributed by atoms with Gasteiger partial charge in [0.1, 0.15) is 0 Å². The molecule has 0 unspecified atom stereocenters. The van der Waals surface area contributed by atoms with Crippen molar-refractivity contribution in [3.63, 3.8) is 0 Å². The molecule has 1 aliphatic carbocycles. The minimum atomic E-state index is -0.242. The molecule has 26 heavy (non-hydrogen) atoms. The van der Waals surface area contributed by atoms with E-state index in [-0.39, 0.29) is 29.0 Å². The molecule has 1 aromatic heterocycles. The molecule has 1 N–H and O–H groups in total. The number of hydrogen-bond acceptors (Lipinski definition) is 4. The maximum absolute atomic E-state index is 12.6. The van der Waals surface area contributed by atoms with Gasteiger partial charge in [-0.3, -0.25) is 9.59 Å². The van der Waals surface area contributed by atoms with Crippen molar-refractivity contribution in [3.05, 3.63) is 54.2 Å². The Morgan fingerprint density at radius 3 is 2.92 bits per heavy atom. The average molecular weight is 353 g/mol. The van der Waals surface area contributed by atoms with Crippen molar-refractivity contribution in [2.24, 2.45) is 5.41 Å². The predicted octanol–water partition coefficient (Wildman–Crippen LogP) is 2.77. The van der Waals surface area contributed by atoms with Gasteiger partial charge in [-0.15, -0.1) is 0 Å². The van der Waals surface area contributed by atoms with Gasteiger partial charge in [0.05, 0.1) is 6.20 Å². The lowest BCUT2D eigenvalue weighted by atomic mass is 9.74. The van der Waals surface area contributed by atoms with Gasteiger partial charge >= 0.3 is 0 Å². The predicted molar refractivity (Wildman–Crippen MR) is 95.1 cm³/mol. The summed E-state index contributed by atoms with van der Waals surface area (Å²) in [6.45, 7) is 1.21. The molecule has 0 spiro atoms. The topological polar surface area (TPSA) is 75.4 Å². The maximum Gasteiger partial charge on any atom is 0.288 e. The summed E-state index contributed by atoms with van der Waals surface area (Å²) in [6, 6.07) is 10.3. The number of nitrogens with zero attached hydrogens (tertiary/aromatic N) is 2. The molecule has 2 fully saturated rings. The number of likely N-dealkylation sites (tertiary alicyclic amines) is 1. The first-order chi connectivity index (χ1) is 12.7. The van der Waals surface area contributed by atoms with E-state index in [0.29, 0.717) is 19.5 Å². The van der Waals surface area contributed by atoms with Crippen molar-refractivity contribution in [2.45, 2.75) is 44.7 Å². The fourth-order valence-electron chi connectivity index (χ4n) is 4.52. The zero-order chi connectivity index (χ0) is 18.0. The number of aromatic nitrogens is 1. The number of fused-ring (bicyclic) bond motifs is 1. The van der Waals surface area contributed by atoms with Gasteiger partial charge in [-0.1, -0.05) is 36.8 Å². The molecule has 2 heterocycles. The summed E-state index contributed by atoms with van der Waals surface area (Å²) in [6.07, 6.45) is 7.17. The van der Waals surface area contributed by atoms with Crippen LogP contribution < -0.4 is 5.32 Å². The van der Waals surface area contributed by atoms with Crippen LogP contribution in [0.15, 0.2) is 47.3 Å². The molecule has 6 heteroatoms. The molecule has 2 atom stereocenters. The highest BCUT2D eigenvalue weighted by Crippen LogP contribution is 2.48. The van der Waals surface area contributed by atoms with Crippen LogP contribution in [0.4, 0.5) is 0 Å². The zero-order valence-corrected chi connectivity index (χ0v) is 14.7. The number of benzene rings is 1. The summed E-state index contributed by atoms with van der Waals surface area (Å²) >= 11 is 0. The standard InChI is InChI=1S/C20H23N3O3/c24-18-8-10-20(13-22-19(25)16-11-21-14-26-16)9-4-7-17(20)23(18)12-15-5-2-1-3-6-15/h1-3,5-6,11,14,17H,4,7-10,12-13H2,(H,22,25)/t17-,20+/m1/s1. The summed E-state index contributed by atoms with van der Waals surface area (Å²) in [4.78, 5) is 30.7. The Hall–Kier alpha value is -2.63. The second kappa shape index (κ2) is 6.94. The van der Waals surface area contributed by atoms with Gasteiger partial charge in [0, 0.05) is 31.0 Å². The van der Waals surface area contributed by atoms with Gasteiger partial charge in [0.2, 0.25) is 11.7 Å². The number of rotatable bonds is 5. The number of carbonyl (C=O) groups excluding carboxylic acids is 2. The summed E-state index contributed by atoms with van der Waals surface area (Å²) in [5.74, 6) is 0.205. The first-order valence-corrected chi connectivity index (χ1v) is 9.18. The van der Waals surface area contributed by atoms with Crippen LogP contribution in [-0.4, -0.2) is 34.3 Å². The lowest BCUT2D eigenvalue weighted by Crippen LogP contribution is -2.55. The molecular weight excluding hydrogens is 330 g/mol. The maximum atomic E-state index is 12.6. The van der Waals surface area contributed by atoms with E-state index in [4.69, 9.17) is 4.42 Å². The smallest absolute Gasteiger partial charge is 0.288 e. The van der Waals surface area contributed by atoms with E-state index in [1.54, 1.807) is 0 Å². The molecule has 0 radical (unpaired) electrons. The van der Waals surface area contributed by atoms with Crippen LogP contribution >= 0.6 is 0 Å². The van der Waals surface area contributed by atoms with Gasteiger partial charge in [0.15, 0.2) is 6.39 Å². The van der Waals surface area contributed by atoms with Crippen molar-refractivity contribution in [1.29, 1.82) is 0 Å². The second-order valence-electron chi connectivity index (χ2n) is 7.33. The van der Waals surface area contributed by atoms with Gasteiger partial charge in [-0.2, -0.15) is 0 Å². The van der Waals surface area contributed by atoms with E-state index in [2.05, 4.69) is 22.4 Å². The Labute approximate surface area is 152 Å². The molecule has 2 aliphatic rings. The SMILES string of the molecule is O=C(NC[C@@]12CCC[C@H]1N(Cc1ccccc1)C(=O)CC2)c1cnco1. The van der Waals surface area contributed by atoms with E-state index < -0.39 is 0 Å². The molecule has 6 nitrogen and oxygen atoms in total. The molecule has 136 valence electrons. The Balaban J connectivity index is 1.50. The molecule has 1 aromatic carbocycles. The van der Waals surface area contributed by atoms with E-state index in [1.807, 2.05) is 23.1 Å². The van der Waals surface area contributed by atoms with Crippen molar-refractivity contribution < 1.29 is 14.0 Å². The highest BCUT2D eigenvalue weighted by molar-refractivity contribution is 5.91. The molecule has 2 amide bonds. The van der Waals surface area contributed by atoms with E-state index in [1.165, 1.54) is 12.6 Å². The second-order valence-corrected chi connectivity index (χ2v) is 7.33. The van der Waals surface area contributed by atoms with E-state index in [0.717, 1.165) is 31.2 Å². The van der Waals surface area contributed by atoms with Crippen LogP contribution in [0.1, 0.15) is 48.2 Å². The number of oxazole rings is 1. The Morgan fingerprint density at radius 2 is 2.15 bits per heavy atom. The number of nitrogens with one attached hydrogen (secondary N) is 1. The first kappa shape index (κ1) is 16.8. The molecule has 1 saturated heterocycles. The highest BCUT2D eigenvalue weighted by atomic mass is 16.3.